The van der Waals surface area contributed by atoms with Crippen LogP contribution in [0.5, 0.6) is 0 Å². The van der Waals surface area contributed by atoms with Gasteiger partial charge in [-0.05, 0) is 44.6 Å². The molecule has 38 heavy (non-hydrogen) atoms. The zero-order chi connectivity index (χ0) is 27.8. The van der Waals surface area contributed by atoms with Crippen molar-refractivity contribution in [2.24, 2.45) is 11.8 Å². The number of nitrogens with zero attached hydrogens (tertiary/aromatic N) is 2. The van der Waals surface area contributed by atoms with Gasteiger partial charge in [0.05, 0.1) is 6.54 Å². The van der Waals surface area contributed by atoms with Gasteiger partial charge in [-0.3, -0.25) is 0 Å². The van der Waals surface area contributed by atoms with Gasteiger partial charge in [-0.1, -0.05) is 137 Å². The first kappa shape index (κ1) is 35.3. The Hall–Kier alpha value is -0.770. The fraction of sp³-hybridized carbons (Fsp3) is 0.971. The Balaban J connectivity index is 2.41. The molecule has 1 amide bonds. The molecule has 0 aromatic rings. The minimum Gasteiger partial charge on any atom is -0.443 e. The minimum absolute atomic E-state index is 0.0303. The highest BCUT2D eigenvalue weighted by atomic mass is 16.6. The summed E-state index contributed by atoms with van der Waals surface area (Å²) in [6.07, 6.45) is 28.1. The summed E-state index contributed by atoms with van der Waals surface area (Å²) in [6.45, 7) is 12.8. The van der Waals surface area contributed by atoms with E-state index in [1.165, 1.54) is 128 Å². The summed E-state index contributed by atoms with van der Waals surface area (Å²) < 4.78 is 5.82. The predicted octanol–water partition coefficient (Wildman–Crippen LogP) is 10.2. The Labute approximate surface area is 239 Å². The van der Waals surface area contributed by atoms with Crippen LogP contribution in [0.15, 0.2) is 0 Å². The number of rotatable bonds is 27. The number of carbonyl (C=O) groups is 1. The zero-order valence-corrected chi connectivity index (χ0v) is 26.6. The lowest BCUT2D eigenvalue weighted by Gasteiger charge is -2.26. The average Bonchev–Trinajstić information content (AvgIpc) is 3.24. The summed E-state index contributed by atoms with van der Waals surface area (Å²) in [6, 6.07) is 0. The molecule has 1 aliphatic rings. The van der Waals surface area contributed by atoms with Crippen LogP contribution in [-0.2, 0) is 4.74 Å². The van der Waals surface area contributed by atoms with E-state index in [4.69, 9.17) is 4.74 Å². The third-order valence-corrected chi connectivity index (χ3v) is 8.69. The topological polar surface area (TPSA) is 32.8 Å². The van der Waals surface area contributed by atoms with Crippen molar-refractivity contribution in [1.82, 2.24) is 9.80 Å². The Morgan fingerprint density at radius 3 is 1.74 bits per heavy atom. The number of cyclic esters (lactones) is 1. The van der Waals surface area contributed by atoms with E-state index < -0.39 is 0 Å². The van der Waals surface area contributed by atoms with Crippen molar-refractivity contribution in [3.05, 3.63) is 0 Å². The van der Waals surface area contributed by atoms with Crippen molar-refractivity contribution in [2.45, 2.75) is 169 Å². The molecular formula is C34H68N2O2. The van der Waals surface area contributed by atoms with Crippen molar-refractivity contribution >= 4 is 6.09 Å². The molecule has 0 spiro atoms. The fourth-order valence-electron chi connectivity index (χ4n) is 6.29. The number of amides is 1. The maximum Gasteiger partial charge on any atom is 0.410 e. The second kappa shape index (κ2) is 24.1. The highest BCUT2D eigenvalue weighted by molar-refractivity contribution is 5.69. The zero-order valence-electron chi connectivity index (χ0n) is 26.6. The van der Waals surface area contributed by atoms with Gasteiger partial charge in [0.15, 0.2) is 0 Å². The van der Waals surface area contributed by atoms with Crippen molar-refractivity contribution in [3.63, 3.8) is 0 Å². The SMILES string of the molecule is CCCCCCCC(CCCCCC)CN(C)C[C@@H]1CN(CCCC(CCCC)CCCCCC)C(=O)O1. The fourth-order valence-corrected chi connectivity index (χ4v) is 6.29. The van der Waals surface area contributed by atoms with E-state index in [-0.39, 0.29) is 12.2 Å². The van der Waals surface area contributed by atoms with E-state index in [1.807, 2.05) is 4.90 Å². The Morgan fingerprint density at radius 2 is 1.16 bits per heavy atom. The summed E-state index contributed by atoms with van der Waals surface area (Å²) in [5.74, 6) is 1.62. The Bertz CT molecular complexity index is 541. The monoisotopic (exact) mass is 537 g/mol. The van der Waals surface area contributed by atoms with Gasteiger partial charge in [-0.25, -0.2) is 4.79 Å². The number of ether oxygens (including phenoxy) is 1. The molecule has 0 aliphatic carbocycles. The highest BCUT2D eigenvalue weighted by Gasteiger charge is 2.31. The van der Waals surface area contributed by atoms with Crippen molar-refractivity contribution in [3.8, 4) is 0 Å². The molecule has 0 bridgehead atoms. The van der Waals surface area contributed by atoms with E-state index in [0.29, 0.717) is 0 Å². The third-order valence-electron chi connectivity index (χ3n) is 8.69. The van der Waals surface area contributed by atoms with E-state index in [1.54, 1.807) is 0 Å². The van der Waals surface area contributed by atoms with Crippen LogP contribution in [0.2, 0.25) is 0 Å². The molecule has 1 saturated heterocycles. The van der Waals surface area contributed by atoms with Crippen LogP contribution in [-0.4, -0.2) is 55.2 Å². The van der Waals surface area contributed by atoms with Crippen LogP contribution in [0.3, 0.4) is 0 Å². The van der Waals surface area contributed by atoms with Crippen LogP contribution >= 0.6 is 0 Å². The first-order chi connectivity index (χ1) is 18.5. The minimum atomic E-state index is -0.0801. The molecule has 2 unspecified atom stereocenters. The molecule has 4 heteroatoms. The van der Waals surface area contributed by atoms with Crippen LogP contribution in [0, 0.1) is 11.8 Å². The first-order valence-corrected chi connectivity index (χ1v) is 17.2. The van der Waals surface area contributed by atoms with Gasteiger partial charge in [0.1, 0.15) is 6.10 Å². The smallest absolute Gasteiger partial charge is 0.410 e. The van der Waals surface area contributed by atoms with Gasteiger partial charge in [0, 0.05) is 19.6 Å². The summed E-state index contributed by atoms with van der Waals surface area (Å²) >= 11 is 0. The molecule has 226 valence electrons. The van der Waals surface area contributed by atoms with Crippen LogP contribution < -0.4 is 0 Å². The number of hydrogen-bond acceptors (Lipinski definition) is 3. The molecule has 0 aromatic heterocycles. The molecule has 0 N–H and O–H groups in total. The molecule has 0 radical (unpaired) electrons. The van der Waals surface area contributed by atoms with Crippen molar-refractivity contribution < 1.29 is 9.53 Å². The average molecular weight is 537 g/mol. The first-order valence-electron chi connectivity index (χ1n) is 17.2. The molecule has 1 aliphatic heterocycles. The normalized spacial score (nSPS) is 17.4. The van der Waals surface area contributed by atoms with Gasteiger partial charge in [0.2, 0.25) is 0 Å². The number of unbranched alkanes of at least 4 members (excludes halogenated alkanes) is 11. The third kappa shape index (κ3) is 17.7. The van der Waals surface area contributed by atoms with Gasteiger partial charge in [-0.2, -0.15) is 0 Å². The summed E-state index contributed by atoms with van der Waals surface area (Å²) in [5.41, 5.74) is 0. The molecule has 4 nitrogen and oxygen atoms in total. The maximum atomic E-state index is 12.6. The summed E-state index contributed by atoms with van der Waals surface area (Å²) in [5, 5.41) is 0. The standard InChI is InChI=1S/C34H68N2O2/c1-6-10-14-17-20-25-32(24-19-16-12-8-3)28-35(5)29-33-30-36(34(37)38-33)27-21-26-31(22-13-9-4)23-18-15-11-7-2/h31-33H,6-30H2,1-5H3/t31?,32?,33-/m1/s1. The molecule has 1 heterocycles. The summed E-state index contributed by atoms with van der Waals surface area (Å²) in [4.78, 5) is 17.0. The molecule has 3 atom stereocenters. The molecule has 1 fully saturated rings. The lowest BCUT2D eigenvalue weighted by Crippen LogP contribution is -2.35. The van der Waals surface area contributed by atoms with Crippen molar-refractivity contribution in [2.75, 3.05) is 33.2 Å². The van der Waals surface area contributed by atoms with Crippen LogP contribution in [0.4, 0.5) is 4.79 Å². The quantitative estimate of drug-likeness (QED) is 0.0979. The maximum absolute atomic E-state index is 12.6. The van der Waals surface area contributed by atoms with E-state index >= 15 is 0 Å². The second-order valence-electron chi connectivity index (χ2n) is 12.6. The molecule has 0 aromatic carbocycles. The van der Waals surface area contributed by atoms with Gasteiger partial charge in [0.25, 0.3) is 0 Å². The van der Waals surface area contributed by atoms with Gasteiger partial charge < -0.3 is 14.5 Å². The van der Waals surface area contributed by atoms with Crippen molar-refractivity contribution in [1.29, 1.82) is 0 Å². The number of hydrogen-bond donors (Lipinski definition) is 0. The molecule has 1 rings (SSSR count). The number of likely N-dealkylation sites (N-methyl/N-ethyl adjacent to an activating group) is 1. The highest BCUT2D eigenvalue weighted by Crippen LogP contribution is 2.24. The largest absolute Gasteiger partial charge is 0.443 e. The summed E-state index contributed by atoms with van der Waals surface area (Å²) in [7, 11) is 2.24. The van der Waals surface area contributed by atoms with E-state index in [0.717, 1.165) is 44.4 Å². The van der Waals surface area contributed by atoms with Crippen LogP contribution in [0.1, 0.15) is 163 Å². The molecule has 0 saturated carbocycles. The molecular weight excluding hydrogens is 468 g/mol. The van der Waals surface area contributed by atoms with E-state index in [2.05, 4.69) is 39.6 Å². The second-order valence-corrected chi connectivity index (χ2v) is 12.6. The lowest BCUT2D eigenvalue weighted by atomic mass is 9.91. The van der Waals surface area contributed by atoms with Gasteiger partial charge >= 0.3 is 6.09 Å². The Kier molecular flexibility index (Phi) is 22.3. The van der Waals surface area contributed by atoms with Gasteiger partial charge in [-0.15, -0.1) is 0 Å². The number of carbonyl (C=O) groups excluding carboxylic acids is 1. The lowest BCUT2D eigenvalue weighted by molar-refractivity contribution is 0.107. The predicted molar refractivity (Wildman–Crippen MR) is 166 cm³/mol. The Morgan fingerprint density at radius 1 is 0.684 bits per heavy atom. The van der Waals surface area contributed by atoms with E-state index in [9.17, 15) is 4.79 Å². The van der Waals surface area contributed by atoms with Crippen LogP contribution in [0.25, 0.3) is 0 Å².